The number of Topliss-reactive ketones (excluding diaryl/α,β-unsaturated/α-hetero) is 1. The largest absolute Gasteiger partial charge is 0.508 e. The van der Waals surface area contributed by atoms with E-state index < -0.39 is 29.5 Å². The van der Waals surface area contributed by atoms with Crippen LogP contribution < -0.4 is 16.0 Å². The lowest BCUT2D eigenvalue weighted by molar-refractivity contribution is -0.191. The second-order valence-corrected chi connectivity index (χ2v) is 8.42. The Labute approximate surface area is 193 Å². The molecule has 2 aliphatic rings. The van der Waals surface area contributed by atoms with E-state index in [-0.39, 0.29) is 30.8 Å². The van der Waals surface area contributed by atoms with Crippen LogP contribution in [0.1, 0.15) is 44.1 Å². The van der Waals surface area contributed by atoms with Crippen molar-refractivity contribution in [2.24, 2.45) is 0 Å². The highest BCUT2D eigenvalue weighted by Crippen LogP contribution is 2.31. The van der Waals surface area contributed by atoms with Gasteiger partial charge in [-0.2, -0.15) is 0 Å². The minimum Gasteiger partial charge on any atom is -0.508 e. The molecule has 0 saturated carbocycles. The van der Waals surface area contributed by atoms with Crippen molar-refractivity contribution in [2.45, 2.75) is 56.5 Å². The fraction of sp³-hybridized carbons (Fsp3) is 0.609. The Kier molecular flexibility index (Phi) is 8.79. The predicted molar refractivity (Wildman–Crippen MR) is 119 cm³/mol. The quantitative estimate of drug-likeness (QED) is 0.247. The summed E-state index contributed by atoms with van der Waals surface area (Å²) in [5, 5.41) is 28.4. The first-order valence-corrected chi connectivity index (χ1v) is 11.4. The van der Waals surface area contributed by atoms with Crippen LogP contribution in [-0.4, -0.2) is 78.6 Å². The Hall–Kier alpha value is -2.53. The van der Waals surface area contributed by atoms with Gasteiger partial charge in [0.15, 0.2) is 5.78 Å². The van der Waals surface area contributed by atoms with Crippen molar-refractivity contribution in [1.82, 2.24) is 16.0 Å². The van der Waals surface area contributed by atoms with E-state index in [4.69, 9.17) is 9.47 Å². The molecule has 3 unspecified atom stereocenters. The van der Waals surface area contributed by atoms with E-state index in [2.05, 4.69) is 16.0 Å². The molecule has 33 heavy (non-hydrogen) atoms. The van der Waals surface area contributed by atoms with Gasteiger partial charge in [-0.25, -0.2) is 4.79 Å². The number of carbonyl (C=O) groups excluding carboxylic acids is 2. The van der Waals surface area contributed by atoms with Crippen LogP contribution in [-0.2, 0) is 23.9 Å². The molecule has 0 bridgehead atoms. The molecule has 1 amide bonds. The predicted octanol–water partition coefficient (Wildman–Crippen LogP) is 0.499. The summed E-state index contributed by atoms with van der Waals surface area (Å²) in [4.78, 5) is 37.9. The van der Waals surface area contributed by atoms with Crippen LogP contribution in [0.15, 0.2) is 24.3 Å². The van der Waals surface area contributed by atoms with Crippen molar-refractivity contribution in [1.29, 1.82) is 0 Å². The van der Waals surface area contributed by atoms with Crippen LogP contribution in [0, 0.1) is 0 Å². The first-order chi connectivity index (χ1) is 15.9. The first-order valence-electron chi connectivity index (χ1n) is 11.4. The lowest BCUT2D eigenvalue weighted by Crippen LogP contribution is -2.64. The van der Waals surface area contributed by atoms with Crippen molar-refractivity contribution in [3.05, 3.63) is 29.8 Å². The van der Waals surface area contributed by atoms with Crippen molar-refractivity contribution in [3.63, 3.8) is 0 Å². The van der Waals surface area contributed by atoms with Crippen LogP contribution in [0.4, 0.5) is 0 Å². The summed E-state index contributed by atoms with van der Waals surface area (Å²) in [6.45, 7) is 3.82. The summed E-state index contributed by atoms with van der Waals surface area (Å²) >= 11 is 0. The summed E-state index contributed by atoms with van der Waals surface area (Å²) in [6.07, 6.45) is 1.08. The standard InChI is InChI=1S/C23H33N3O7/c1-2-20(28)23(22(30)31,26-21(29)14-32-17-7-10-24-11-8-17)33-19-9-12-25-13-18(19)15-3-5-16(27)6-4-15/h3-6,17-19,24-25,27H,2,7-14H2,1H3,(H,26,29)(H,30,31). The monoisotopic (exact) mass is 463 g/mol. The first kappa shape index (κ1) is 25.1. The molecule has 0 aromatic heterocycles. The number of rotatable bonds is 10. The minimum atomic E-state index is -2.50. The van der Waals surface area contributed by atoms with Gasteiger partial charge in [-0.1, -0.05) is 19.1 Å². The van der Waals surface area contributed by atoms with Gasteiger partial charge >= 0.3 is 11.7 Å². The molecule has 2 aliphatic heterocycles. The summed E-state index contributed by atoms with van der Waals surface area (Å²) in [6, 6.07) is 6.56. The average Bonchev–Trinajstić information content (AvgIpc) is 2.83. The topological polar surface area (TPSA) is 146 Å². The summed E-state index contributed by atoms with van der Waals surface area (Å²) < 4.78 is 11.6. The van der Waals surface area contributed by atoms with Gasteiger partial charge in [-0.15, -0.1) is 0 Å². The SMILES string of the molecule is CCC(=O)C(NC(=O)COC1CCNCC1)(OC1CCNCC1c1ccc(O)cc1)C(=O)O. The zero-order valence-corrected chi connectivity index (χ0v) is 18.8. The van der Waals surface area contributed by atoms with Crippen LogP contribution in [0.3, 0.4) is 0 Å². The number of piperidine rings is 2. The van der Waals surface area contributed by atoms with Crippen molar-refractivity contribution in [2.75, 3.05) is 32.8 Å². The molecule has 2 fully saturated rings. The molecule has 3 rings (SSSR count). The number of amides is 1. The summed E-state index contributed by atoms with van der Waals surface area (Å²) in [7, 11) is 0. The fourth-order valence-electron chi connectivity index (χ4n) is 4.28. The number of ether oxygens (including phenoxy) is 2. The van der Waals surface area contributed by atoms with Gasteiger partial charge in [-0.05, 0) is 56.6 Å². The minimum absolute atomic E-state index is 0.0951. The fourth-order valence-corrected chi connectivity index (χ4v) is 4.28. The normalized spacial score (nSPS) is 23.4. The number of carboxylic acids is 1. The van der Waals surface area contributed by atoms with E-state index in [0.717, 1.165) is 31.5 Å². The Morgan fingerprint density at radius 1 is 1.09 bits per heavy atom. The molecule has 182 valence electrons. The molecule has 3 atom stereocenters. The number of carbonyl (C=O) groups is 3. The maximum Gasteiger partial charge on any atom is 0.365 e. The van der Waals surface area contributed by atoms with E-state index >= 15 is 0 Å². The Balaban J connectivity index is 1.78. The molecule has 1 aromatic carbocycles. The van der Waals surface area contributed by atoms with Gasteiger partial charge < -0.3 is 35.6 Å². The third kappa shape index (κ3) is 6.29. The Bertz CT molecular complexity index is 826. The van der Waals surface area contributed by atoms with Gasteiger partial charge in [0.25, 0.3) is 0 Å². The summed E-state index contributed by atoms with van der Waals surface area (Å²) in [5.41, 5.74) is -1.67. The molecule has 0 aliphatic carbocycles. The Morgan fingerprint density at radius 3 is 2.39 bits per heavy atom. The van der Waals surface area contributed by atoms with Crippen LogP contribution in [0.5, 0.6) is 5.75 Å². The highest BCUT2D eigenvalue weighted by Gasteiger charge is 2.51. The molecular formula is C23H33N3O7. The van der Waals surface area contributed by atoms with E-state index in [1.54, 1.807) is 24.3 Å². The van der Waals surface area contributed by atoms with Gasteiger partial charge in [0, 0.05) is 18.9 Å². The molecule has 2 saturated heterocycles. The molecule has 5 N–H and O–H groups in total. The number of carboxylic acid groups (broad SMARTS) is 1. The summed E-state index contributed by atoms with van der Waals surface area (Å²) in [5.74, 6) is -3.18. The molecule has 0 radical (unpaired) electrons. The maximum atomic E-state index is 12.9. The average molecular weight is 464 g/mol. The zero-order valence-electron chi connectivity index (χ0n) is 18.8. The number of ketones is 1. The number of hydrogen-bond acceptors (Lipinski definition) is 8. The van der Waals surface area contributed by atoms with Crippen molar-refractivity contribution < 1.29 is 34.1 Å². The third-order valence-corrected chi connectivity index (χ3v) is 6.13. The molecule has 1 aromatic rings. The van der Waals surface area contributed by atoms with E-state index in [1.165, 1.54) is 6.92 Å². The second kappa shape index (κ2) is 11.6. The number of aliphatic carboxylic acids is 1. The van der Waals surface area contributed by atoms with Gasteiger partial charge in [0.1, 0.15) is 12.4 Å². The highest BCUT2D eigenvalue weighted by atomic mass is 16.6. The highest BCUT2D eigenvalue weighted by molar-refractivity contribution is 6.08. The Morgan fingerprint density at radius 2 is 1.76 bits per heavy atom. The zero-order chi connectivity index (χ0) is 23.8. The lowest BCUT2D eigenvalue weighted by atomic mass is 9.88. The molecule has 10 nitrogen and oxygen atoms in total. The van der Waals surface area contributed by atoms with Crippen LogP contribution in [0.25, 0.3) is 0 Å². The number of hydrogen-bond donors (Lipinski definition) is 5. The number of phenolic OH excluding ortho intramolecular Hbond substituents is 1. The third-order valence-electron chi connectivity index (χ3n) is 6.13. The smallest absolute Gasteiger partial charge is 0.365 e. The molecule has 10 heteroatoms. The molecule has 2 heterocycles. The van der Waals surface area contributed by atoms with Crippen molar-refractivity contribution in [3.8, 4) is 5.75 Å². The van der Waals surface area contributed by atoms with Crippen LogP contribution in [0.2, 0.25) is 0 Å². The number of phenols is 1. The molecule has 0 spiro atoms. The second-order valence-electron chi connectivity index (χ2n) is 8.42. The van der Waals surface area contributed by atoms with E-state index in [0.29, 0.717) is 19.5 Å². The van der Waals surface area contributed by atoms with E-state index in [1.807, 2.05) is 0 Å². The van der Waals surface area contributed by atoms with E-state index in [9.17, 15) is 24.6 Å². The van der Waals surface area contributed by atoms with Crippen LogP contribution >= 0.6 is 0 Å². The van der Waals surface area contributed by atoms with Crippen molar-refractivity contribution >= 4 is 17.7 Å². The van der Waals surface area contributed by atoms with Gasteiger partial charge in [0.05, 0.1) is 12.2 Å². The lowest BCUT2D eigenvalue weighted by Gasteiger charge is -2.39. The molecular weight excluding hydrogens is 430 g/mol. The number of nitrogens with one attached hydrogen (secondary N) is 3. The number of benzene rings is 1. The maximum absolute atomic E-state index is 12.9. The van der Waals surface area contributed by atoms with Gasteiger partial charge in [0.2, 0.25) is 5.91 Å². The number of aromatic hydroxyl groups is 1. The van der Waals surface area contributed by atoms with Gasteiger partial charge in [-0.3, -0.25) is 9.59 Å².